The Bertz CT molecular complexity index is 705. The number of benzene rings is 1. The van der Waals surface area contributed by atoms with Gasteiger partial charge in [-0.25, -0.2) is 0 Å². The number of anilines is 2. The van der Waals surface area contributed by atoms with Gasteiger partial charge < -0.3 is 9.80 Å². The van der Waals surface area contributed by atoms with Crippen molar-refractivity contribution in [1.82, 2.24) is 10.2 Å². The molecule has 0 saturated carbocycles. The number of aromatic nitrogens is 2. The van der Waals surface area contributed by atoms with E-state index in [2.05, 4.69) is 33.1 Å². The average molecular weight is 328 g/mol. The van der Waals surface area contributed by atoms with Crippen LogP contribution in [0, 0.1) is 11.3 Å². The number of hydrogen-bond donors (Lipinski definition) is 0. The fourth-order valence-electron chi connectivity index (χ4n) is 3.04. The van der Waals surface area contributed by atoms with Gasteiger partial charge in [0.05, 0.1) is 11.3 Å². The molecule has 0 bridgehead atoms. The van der Waals surface area contributed by atoms with Crippen LogP contribution in [0.5, 0.6) is 0 Å². The van der Waals surface area contributed by atoms with E-state index in [1.807, 2.05) is 24.3 Å². The van der Waals surface area contributed by atoms with Gasteiger partial charge in [0.15, 0.2) is 5.82 Å². The lowest BCUT2D eigenvalue weighted by Gasteiger charge is -2.38. The second-order valence-corrected chi connectivity index (χ2v) is 6.12. The Balaban J connectivity index is 1.68. The second kappa shape index (κ2) is 6.84. The number of piperidine rings is 1. The number of hydrogen-bond acceptors (Lipinski definition) is 5. The van der Waals surface area contributed by atoms with Gasteiger partial charge in [0.1, 0.15) is 6.07 Å². The van der Waals surface area contributed by atoms with E-state index in [9.17, 15) is 5.26 Å². The van der Waals surface area contributed by atoms with Crippen LogP contribution in [0.4, 0.5) is 11.5 Å². The molecule has 23 heavy (non-hydrogen) atoms. The zero-order valence-corrected chi connectivity index (χ0v) is 13.7. The molecule has 2 heterocycles. The van der Waals surface area contributed by atoms with Gasteiger partial charge in [-0.15, -0.1) is 5.10 Å². The fraction of sp³-hybridized carbons (Fsp3) is 0.353. The summed E-state index contributed by atoms with van der Waals surface area (Å²) in [5.74, 6) is 0.898. The van der Waals surface area contributed by atoms with Crippen LogP contribution >= 0.6 is 11.6 Å². The molecule has 3 rings (SSSR count). The van der Waals surface area contributed by atoms with Gasteiger partial charge in [-0.3, -0.25) is 0 Å². The van der Waals surface area contributed by atoms with E-state index in [4.69, 9.17) is 11.6 Å². The molecule has 1 aliphatic heterocycles. The topological polar surface area (TPSA) is 56.1 Å². The van der Waals surface area contributed by atoms with E-state index >= 15 is 0 Å². The van der Waals surface area contributed by atoms with Crippen LogP contribution in [0.15, 0.2) is 36.5 Å². The minimum atomic E-state index is 0.431. The van der Waals surface area contributed by atoms with Gasteiger partial charge in [-0.2, -0.15) is 10.4 Å². The van der Waals surface area contributed by atoms with Gasteiger partial charge >= 0.3 is 0 Å². The Kier molecular flexibility index (Phi) is 4.63. The summed E-state index contributed by atoms with van der Waals surface area (Å²) in [6.07, 6.45) is 3.71. The Morgan fingerprint density at radius 1 is 1.30 bits per heavy atom. The first-order valence-electron chi connectivity index (χ1n) is 7.64. The summed E-state index contributed by atoms with van der Waals surface area (Å²) in [6, 6.07) is 12.1. The van der Waals surface area contributed by atoms with Crippen LogP contribution in [0.2, 0.25) is 5.02 Å². The molecule has 2 aromatic rings. The molecule has 0 N–H and O–H groups in total. The summed E-state index contributed by atoms with van der Waals surface area (Å²) in [7, 11) is 2.06. The molecule has 0 spiro atoms. The highest BCUT2D eigenvalue weighted by atomic mass is 35.5. The van der Waals surface area contributed by atoms with E-state index < -0.39 is 0 Å². The number of halogens is 1. The van der Waals surface area contributed by atoms with Crippen molar-refractivity contribution in [1.29, 1.82) is 5.26 Å². The monoisotopic (exact) mass is 327 g/mol. The van der Waals surface area contributed by atoms with Gasteiger partial charge in [0.25, 0.3) is 0 Å². The van der Waals surface area contributed by atoms with E-state index in [1.54, 1.807) is 12.3 Å². The summed E-state index contributed by atoms with van der Waals surface area (Å²) in [6.45, 7) is 1.82. The van der Waals surface area contributed by atoms with Crippen LogP contribution in [0.25, 0.3) is 0 Å². The molecule has 6 heteroatoms. The third-order valence-corrected chi connectivity index (χ3v) is 4.59. The standard InChI is InChI=1S/C17H18ClN5/c1-22(17-3-2-8-20-21-17)15-6-9-23(10-7-15)16-5-4-14(18)11-13(16)12-19/h2-5,8,11,15H,6-7,9-10H2,1H3. The highest BCUT2D eigenvalue weighted by Gasteiger charge is 2.24. The first kappa shape index (κ1) is 15.6. The summed E-state index contributed by atoms with van der Waals surface area (Å²) in [4.78, 5) is 4.45. The summed E-state index contributed by atoms with van der Waals surface area (Å²) >= 11 is 5.98. The van der Waals surface area contributed by atoms with E-state index in [0.717, 1.165) is 37.4 Å². The highest BCUT2D eigenvalue weighted by Crippen LogP contribution is 2.28. The van der Waals surface area contributed by atoms with E-state index in [-0.39, 0.29) is 0 Å². The zero-order chi connectivity index (χ0) is 16.2. The fourth-order valence-corrected chi connectivity index (χ4v) is 3.21. The van der Waals surface area contributed by atoms with Gasteiger partial charge in [-0.05, 0) is 43.2 Å². The Hall–Kier alpha value is -2.32. The Morgan fingerprint density at radius 2 is 2.09 bits per heavy atom. The third kappa shape index (κ3) is 3.38. The molecule has 0 amide bonds. The van der Waals surface area contributed by atoms with Crippen molar-refractivity contribution < 1.29 is 0 Å². The SMILES string of the molecule is CN(c1cccnn1)C1CCN(c2ccc(Cl)cc2C#N)CC1. The molecular weight excluding hydrogens is 310 g/mol. The third-order valence-electron chi connectivity index (χ3n) is 4.35. The van der Waals surface area contributed by atoms with E-state index in [1.165, 1.54) is 0 Å². The molecular formula is C17H18ClN5. The molecule has 1 fully saturated rings. The second-order valence-electron chi connectivity index (χ2n) is 5.68. The molecule has 5 nitrogen and oxygen atoms in total. The maximum atomic E-state index is 9.30. The number of rotatable bonds is 3. The van der Waals surface area contributed by atoms with Crippen LogP contribution in [-0.2, 0) is 0 Å². The highest BCUT2D eigenvalue weighted by molar-refractivity contribution is 6.30. The van der Waals surface area contributed by atoms with Gasteiger partial charge in [0.2, 0.25) is 0 Å². The molecule has 118 valence electrons. The van der Waals surface area contributed by atoms with Crippen molar-refractivity contribution in [2.75, 3.05) is 29.9 Å². The van der Waals surface area contributed by atoms with Gasteiger partial charge in [-0.1, -0.05) is 11.6 Å². The van der Waals surface area contributed by atoms with Crippen molar-refractivity contribution in [3.63, 3.8) is 0 Å². The zero-order valence-electron chi connectivity index (χ0n) is 13.0. The molecule has 1 aromatic heterocycles. The van der Waals surface area contributed by atoms with E-state index in [0.29, 0.717) is 16.6 Å². The lowest BCUT2D eigenvalue weighted by molar-refractivity contribution is 0.479. The number of nitriles is 1. The molecule has 0 unspecified atom stereocenters. The molecule has 0 atom stereocenters. The van der Waals surface area contributed by atoms with Crippen molar-refractivity contribution in [2.45, 2.75) is 18.9 Å². The minimum Gasteiger partial charge on any atom is -0.370 e. The first-order chi connectivity index (χ1) is 11.2. The Labute approximate surface area is 141 Å². The normalized spacial score (nSPS) is 15.3. The van der Waals surface area contributed by atoms with Crippen molar-refractivity contribution in [3.8, 4) is 6.07 Å². The maximum absolute atomic E-state index is 9.30. The summed E-state index contributed by atoms with van der Waals surface area (Å²) < 4.78 is 0. The predicted octanol–water partition coefficient (Wildman–Crippen LogP) is 3.11. The van der Waals surface area contributed by atoms with Crippen LogP contribution in [0.3, 0.4) is 0 Å². The molecule has 1 aliphatic rings. The maximum Gasteiger partial charge on any atom is 0.151 e. The largest absolute Gasteiger partial charge is 0.370 e. The van der Waals surface area contributed by atoms with Crippen LogP contribution < -0.4 is 9.80 Å². The van der Waals surface area contributed by atoms with Crippen LogP contribution in [0.1, 0.15) is 18.4 Å². The Morgan fingerprint density at radius 3 is 2.74 bits per heavy atom. The van der Waals surface area contributed by atoms with Gasteiger partial charge in [0, 0.05) is 37.4 Å². The molecule has 1 aromatic carbocycles. The predicted molar refractivity (Wildman–Crippen MR) is 91.8 cm³/mol. The van der Waals surface area contributed by atoms with Crippen molar-refractivity contribution >= 4 is 23.1 Å². The van der Waals surface area contributed by atoms with Crippen LogP contribution in [-0.4, -0.2) is 36.4 Å². The quantitative estimate of drug-likeness (QED) is 0.867. The lowest BCUT2D eigenvalue weighted by Crippen LogP contribution is -2.44. The average Bonchev–Trinajstić information content (AvgIpc) is 2.62. The summed E-state index contributed by atoms with van der Waals surface area (Å²) in [5.41, 5.74) is 1.61. The number of nitrogens with zero attached hydrogens (tertiary/aromatic N) is 5. The molecule has 0 radical (unpaired) electrons. The molecule has 0 aliphatic carbocycles. The van der Waals surface area contributed by atoms with Crippen molar-refractivity contribution in [3.05, 3.63) is 47.1 Å². The lowest BCUT2D eigenvalue weighted by atomic mass is 10.0. The molecule has 1 saturated heterocycles. The summed E-state index contributed by atoms with van der Waals surface area (Å²) in [5, 5.41) is 18.0. The van der Waals surface area contributed by atoms with Crippen molar-refractivity contribution in [2.24, 2.45) is 0 Å². The first-order valence-corrected chi connectivity index (χ1v) is 8.02. The smallest absolute Gasteiger partial charge is 0.151 e. The minimum absolute atomic E-state index is 0.431.